The fourth-order valence-electron chi connectivity index (χ4n) is 3.56. The summed E-state index contributed by atoms with van der Waals surface area (Å²) in [5.74, 6) is -0.340. The number of carbonyl (C=O) groups is 1. The van der Waals surface area contributed by atoms with Crippen LogP contribution in [0.5, 0.6) is 5.75 Å². The number of aromatic nitrogens is 2. The molecule has 0 atom stereocenters. The SMILES string of the molecule is Cc1cc(C)cc(-n2c(SCC(=O)Nc3ccc(OC(F)F)cc3)nc3ccccc3c2=O)c1. The number of amides is 1. The van der Waals surface area contributed by atoms with Gasteiger partial charge in [0.1, 0.15) is 5.75 Å². The van der Waals surface area contributed by atoms with E-state index in [0.717, 1.165) is 22.9 Å². The Kier molecular flexibility index (Phi) is 6.93. The predicted octanol–water partition coefficient (Wildman–Crippen LogP) is 5.33. The number of nitrogens with zero attached hydrogens (tertiary/aromatic N) is 2. The zero-order chi connectivity index (χ0) is 24.2. The van der Waals surface area contributed by atoms with Gasteiger partial charge in [-0.2, -0.15) is 8.78 Å². The van der Waals surface area contributed by atoms with Gasteiger partial charge < -0.3 is 10.1 Å². The molecule has 4 aromatic rings. The minimum absolute atomic E-state index is 0.000188. The molecule has 6 nitrogen and oxygen atoms in total. The molecule has 0 radical (unpaired) electrons. The van der Waals surface area contributed by atoms with Crippen LogP contribution in [-0.4, -0.2) is 27.8 Å². The number of carbonyl (C=O) groups excluding carboxylic acids is 1. The molecule has 0 unspecified atom stereocenters. The second-order valence-electron chi connectivity index (χ2n) is 7.64. The van der Waals surface area contributed by atoms with Gasteiger partial charge in [-0.3, -0.25) is 14.2 Å². The highest BCUT2D eigenvalue weighted by molar-refractivity contribution is 7.99. The van der Waals surface area contributed by atoms with Crippen molar-refractivity contribution >= 4 is 34.3 Å². The standard InChI is InChI=1S/C25H21F2N3O3S/c1-15-11-16(2)13-18(12-15)30-23(32)20-5-3-4-6-21(20)29-25(30)34-14-22(31)28-17-7-9-19(10-8-17)33-24(26)27/h3-13,24H,14H2,1-2H3,(H,28,31). The van der Waals surface area contributed by atoms with Crippen LogP contribution in [0, 0.1) is 13.8 Å². The highest BCUT2D eigenvalue weighted by Gasteiger charge is 2.15. The zero-order valence-electron chi connectivity index (χ0n) is 18.4. The van der Waals surface area contributed by atoms with Gasteiger partial charge in [0.05, 0.1) is 22.3 Å². The molecule has 9 heteroatoms. The van der Waals surface area contributed by atoms with Gasteiger partial charge in [-0.15, -0.1) is 0 Å². The summed E-state index contributed by atoms with van der Waals surface area (Å²) in [5, 5.41) is 3.58. The van der Waals surface area contributed by atoms with Crippen molar-refractivity contribution in [2.45, 2.75) is 25.6 Å². The maximum Gasteiger partial charge on any atom is 0.387 e. The number of alkyl halides is 2. The van der Waals surface area contributed by atoms with Crippen LogP contribution in [0.1, 0.15) is 11.1 Å². The van der Waals surface area contributed by atoms with E-state index in [9.17, 15) is 18.4 Å². The van der Waals surface area contributed by atoms with Crippen molar-refractivity contribution in [3.63, 3.8) is 0 Å². The molecule has 0 aliphatic carbocycles. The molecule has 0 saturated heterocycles. The molecule has 0 bridgehead atoms. The molecule has 4 rings (SSSR count). The molecule has 0 fully saturated rings. The molecular weight excluding hydrogens is 460 g/mol. The first-order valence-electron chi connectivity index (χ1n) is 10.4. The Morgan fingerprint density at radius 3 is 2.41 bits per heavy atom. The van der Waals surface area contributed by atoms with E-state index in [1.54, 1.807) is 24.3 Å². The van der Waals surface area contributed by atoms with Crippen molar-refractivity contribution in [3.05, 3.63) is 88.2 Å². The molecule has 1 amide bonds. The molecule has 3 aromatic carbocycles. The maximum atomic E-state index is 13.4. The summed E-state index contributed by atoms with van der Waals surface area (Å²) in [6, 6.07) is 18.5. The van der Waals surface area contributed by atoms with E-state index in [1.165, 1.54) is 28.8 Å². The first kappa shape index (κ1) is 23.4. The van der Waals surface area contributed by atoms with Gasteiger partial charge in [0.15, 0.2) is 5.16 Å². The van der Waals surface area contributed by atoms with E-state index in [4.69, 9.17) is 0 Å². The molecule has 0 aliphatic heterocycles. The smallest absolute Gasteiger partial charge is 0.387 e. The topological polar surface area (TPSA) is 73.2 Å². The quantitative estimate of drug-likeness (QED) is 0.285. The first-order chi connectivity index (χ1) is 16.3. The van der Waals surface area contributed by atoms with E-state index in [0.29, 0.717) is 27.4 Å². The highest BCUT2D eigenvalue weighted by Crippen LogP contribution is 2.23. The molecule has 0 saturated carbocycles. The molecule has 34 heavy (non-hydrogen) atoms. The Morgan fingerprint density at radius 1 is 1.06 bits per heavy atom. The lowest BCUT2D eigenvalue weighted by Crippen LogP contribution is -2.23. The lowest BCUT2D eigenvalue weighted by Gasteiger charge is -2.14. The van der Waals surface area contributed by atoms with Crippen LogP contribution in [0.25, 0.3) is 16.6 Å². The lowest BCUT2D eigenvalue weighted by molar-refractivity contribution is -0.113. The summed E-state index contributed by atoms with van der Waals surface area (Å²) in [4.78, 5) is 30.6. The number of thioether (sulfide) groups is 1. The normalized spacial score (nSPS) is 11.1. The van der Waals surface area contributed by atoms with Crippen LogP contribution in [0.2, 0.25) is 0 Å². The van der Waals surface area contributed by atoms with Crippen molar-refractivity contribution in [2.75, 3.05) is 11.1 Å². The predicted molar refractivity (Wildman–Crippen MR) is 129 cm³/mol. The summed E-state index contributed by atoms with van der Waals surface area (Å²) >= 11 is 1.14. The van der Waals surface area contributed by atoms with Crippen molar-refractivity contribution in [1.82, 2.24) is 9.55 Å². The van der Waals surface area contributed by atoms with E-state index < -0.39 is 6.61 Å². The number of nitrogens with one attached hydrogen (secondary N) is 1. The number of anilines is 1. The highest BCUT2D eigenvalue weighted by atomic mass is 32.2. The minimum atomic E-state index is -2.92. The molecule has 1 aromatic heterocycles. The Labute approximate surface area is 198 Å². The van der Waals surface area contributed by atoms with Gasteiger partial charge in [0.25, 0.3) is 5.56 Å². The monoisotopic (exact) mass is 481 g/mol. The van der Waals surface area contributed by atoms with Crippen LogP contribution in [0.3, 0.4) is 0 Å². The number of rotatable bonds is 7. The Hall–Kier alpha value is -3.72. The molecule has 174 valence electrons. The van der Waals surface area contributed by atoms with Crippen molar-refractivity contribution in [1.29, 1.82) is 0 Å². The fraction of sp³-hybridized carbons (Fsp3) is 0.160. The third kappa shape index (κ3) is 5.43. The molecule has 1 N–H and O–H groups in total. The second-order valence-corrected chi connectivity index (χ2v) is 8.58. The zero-order valence-corrected chi connectivity index (χ0v) is 19.2. The largest absolute Gasteiger partial charge is 0.435 e. The Bertz CT molecular complexity index is 1380. The van der Waals surface area contributed by atoms with E-state index in [2.05, 4.69) is 15.0 Å². The van der Waals surface area contributed by atoms with Crippen LogP contribution < -0.4 is 15.6 Å². The second kappa shape index (κ2) is 10.0. The number of fused-ring (bicyclic) bond motifs is 1. The number of aryl methyl sites for hydroxylation is 2. The molecule has 0 aliphatic rings. The van der Waals surface area contributed by atoms with Gasteiger partial charge >= 0.3 is 6.61 Å². The van der Waals surface area contributed by atoms with Gasteiger partial charge in [-0.05, 0) is 73.5 Å². The van der Waals surface area contributed by atoms with E-state index in [1.807, 2.05) is 32.0 Å². The van der Waals surface area contributed by atoms with E-state index >= 15 is 0 Å². The third-order valence-electron chi connectivity index (χ3n) is 4.91. The van der Waals surface area contributed by atoms with E-state index in [-0.39, 0.29) is 23.0 Å². The number of hydrogen-bond donors (Lipinski definition) is 1. The van der Waals surface area contributed by atoms with Gasteiger partial charge in [-0.25, -0.2) is 4.98 Å². The van der Waals surface area contributed by atoms with Gasteiger partial charge in [0.2, 0.25) is 5.91 Å². The average Bonchev–Trinajstić information content (AvgIpc) is 2.78. The number of benzene rings is 3. The summed E-state index contributed by atoms with van der Waals surface area (Å²) in [6.07, 6.45) is 0. The summed E-state index contributed by atoms with van der Waals surface area (Å²) in [6.45, 7) is 0.989. The molecule has 0 spiro atoms. The minimum Gasteiger partial charge on any atom is -0.435 e. The fourth-order valence-corrected chi connectivity index (χ4v) is 4.38. The van der Waals surface area contributed by atoms with Gasteiger partial charge in [-0.1, -0.05) is 30.0 Å². The van der Waals surface area contributed by atoms with Crippen molar-refractivity contribution in [3.8, 4) is 11.4 Å². The van der Waals surface area contributed by atoms with Gasteiger partial charge in [0, 0.05) is 5.69 Å². The Morgan fingerprint density at radius 2 is 1.74 bits per heavy atom. The summed E-state index contributed by atoms with van der Waals surface area (Å²) < 4.78 is 30.4. The number of halogens is 2. The van der Waals surface area contributed by atoms with Crippen molar-refractivity contribution in [2.24, 2.45) is 0 Å². The van der Waals surface area contributed by atoms with Crippen LogP contribution in [0.4, 0.5) is 14.5 Å². The summed E-state index contributed by atoms with van der Waals surface area (Å²) in [7, 11) is 0. The van der Waals surface area contributed by atoms with Crippen LogP contribution >= 0.6 is 11.8 Å². The van der Waals surface area contributed by atoms with Crippen LogP contribution in [-0.2, 0) is 4.79 Å². The third-order valence-corrected chi connectivity index (χ3v) is 5.84. The van der Waals surface area contributed by atoms with Crippen LogP contribution in [0.15, 0.2) is 76.7 Å². The Balaban J connectivity index is 1.60. The number of hydrogen-bond acceptors (Lipinski definition) is 5. The lowest BCUT2D eigenvalue weighted by atomic mass is 10.1. The maximum absolute atomic E-state index is 13.4. The summed E-state index contributed by atoms with van der Waals surface area (Å²) in [5.41, 5.74) is 3.45. The molecule has 1 heterocycles. The van der Waals surface area contributed by atoms with Crippen molar-refractivity contribution < 1.29 is 18.3 Å². The number of ether oxygens (including phenoxy) is 1. The number of para-hydroxylation sites is 1. The average molecular weight is 482 g/mol. The first-order valence-corrected chi connectivity index (χ1v) is 11.4. The molecular formula is C25H21F2N3O3S.